The Kier molecular flexibility index (Phi) is 3.62. The van der Waals surface area contributed by atoms with Gasteiger partial charge in [0.15, 0.2) is 0 Å². The molecule has 2 aromatic rings. The zero-order valence-electron chi connectivity index (χ0n) is 10.9. The standard InChI is InChI=1S/C14H11ClN2O4/c15-10-2-3-12(16-5-10)21-11-6-17(7-11)14(19)9-1-4-13(18)20-8-9/h1-5,8,11H,6-7H2. The molecule has 0 bridgehead atoms. The van der Waals surface area contributed by atoms with Crippen molar-refractivity contribution in [2.45, 2.75) is 6.10 Å². The van der Waals surface area contributed by atoms with E-state index in [1.807, 2.05) is 0 Å². The Labute approximate surface area is 124 Å². The highest BCUT2D eigenvalue weighted by molar-refractivity contribution is 6.30. The van der Waals surface area contributed by atoms with Crippen molar-refractivity contribution in [2.24, 2.45) is 0 Å². The second-order valence-electron chi connectivity index (χ2n) is 4.61. The van der Waals surface area contributed by atoms with Crippen LogP contribution in [0.15, 0.2) is 45.9 Å². The lowest BCUT2D eigenvalue weighted by molar-refractivity contribution is 0.0158. The second kappa shape index (κ2) is 5.57. The summed E-state index contributed by atoms with van der Waals surface area (Å²) in [7, 11) is 0. The average molecular weight is 307 g/mol. The average Bonchev–Trinajstić information content (AvgIpc) is 2.44. The molecule has 0 aromatic carbocycles. The molecule has 6 nitrogen and oxygen atoms in total. The van der Waals surface area contributed by atoms with Gasteiger partial charge in [-0.15, -0.1) is 0 Å². The Balaban J connectivity index is 1.55. The molecule has 2 aromatic heterocycles. The van der Waals surface area contributed by atoms with E-state index in [1.165, 1.54) is 24.6 Å². The van der Waals surface area contributed by atoms with Crippen LogP contribution in [0, 0.1) is 0 Å². The van der Waals surface area contributed by atoms with Crippen molar-refractivity contribution in [3.63, 3.8) is 0 Å². The summed E-state index contributed by atoms with van der Waals surface area (Å²) >= 11 is 5.74. The molecule has 0 unspecified atom stereocenters. The summed E-state index contributed by atoms with van der Waals surface area (Å²) in [4.78, 5) is 28.5. The van der Waals surface area contributed by atoms with Crippen molar-refractivity contribution in [2.75, 3.05) is 13.1 Å². The van der Waals surface area contributed by atoms with Crippen molar-refractivity contribution in [1.82, 2.24) is 9.88 Å². The fourth-order valence-corrected chi connectivity index (χ4v) is 2.06. The van der Waals surface area contributed by atoms with E-state index in [0.29, 0.717) is 29.6 Å². The van der Waals surface area contributed by atoms with Gasteiger partial charge in [0.2, 0.25) is 5.88 Å². The van der Waals surface area contributed by atoms with Gasteiger partial charge >= 0.3 is 5.63 Å². The van der Waals surface area contributed by atoms with E-state index in [9.17, 15) is 9.59 Å². The van der Waals surface area contributed by atoms with Crippen LogP contribution in [0.5, 0.6) is 5.88 Å². The van der Waals surface area contributed by atoms with Gasteiger partial charge in [0, 0.05) is 18.3 Å². The molecule has 0 saturated carbocycles. The monoisotopic (exact) mass is 306 g/mol. The van der Waals surface area contributed by atoms with Crippen molar-refractivity contribution >= 4 is 17.5 Å². The SMILES string of the molecule is O=C(c1ccc(=O)oc1)N1CC(Oc2ccc(Cl)cn2)C1. The first-order chi connectivity index (χ1) is 10.1. The lowest BCUT2D eigenvalue weighted by Crippen LogP contribution is -2.56. The van der Waals surface area contributed by atoms with Crippen LogP contribution in [-0.4, -0.2) is 35.0 Å². The van der Waals surface area contributed by atoms with E-state index in [0.717, 1.165) is 0 Å². The minimum atomic E-state index is -0.481. The number of carbonyl (C=O) groups is 1. The second-order valence-corrected chi connectivity index (χ2v) is 5.04. The van der Waals surface area contributed by atoms with E-state index in [2.05, 4.69) is 9.40 Å². The van der Waals surface area contributed by atoms with Crippen LogP contribution in [0.2, 0.25) is 5.02 Å². The number of ether oxygens (including phenoxy) is 1. The van der Waals surface area contributed by atoms with Gasteiger partial charge in [-0.3, -0.25) is 4.79 Å². The van der Waals surface area contributed by atoms with Gasteiger partial charge in [0.1, 0.15) is 12.4 Å². The normalized spacial score (nSPS) is 14.6. The van der Waals surface area contributed by atoms with Gasteiger partial charge < -0.3 is 14.1 Å². The number of pyridine rings is 1. The molecule has 1 saturated heterocycles. The first-order valence-corrected chi connectivity index (χ1v) is 6.66. The highest BCUT2D eigenvalue weighted by atomic mass is 35.5. The summed E-state index contributed by atoms with van der Waals surface area (Å²) in [6.45, 7) is 0.921. The fraction of sp³-hybridized carbons (Fsp3) is 0.214. The number of likely N-dealkylation sites (tertiary alicyclic amines) is 1. The number of nitrogens with zero attached hydrogens (tertiary/aromatic N) is 2. The minimum absolute atomic E-state index is 0.0988. The maximum absolute atomic E-state index is 12.1. The smallest absolute Gasteiger partial charge is 0.335 e. The van der Waals surface area contributed by atoms with Crippen LogP contribution in [0.1, 0.15) is 10.4 Å². The Morgan fingerprint density at radius 1 is 1.33 bits per heavy atom. The molecule has 0 atom stereocenters. The van der Waals surface area contributed by atoms with Crippen LogP contribution in [0.3, 0.4) is 0 Å². The van der Waals surface area contributed by atoms with E-state index >= 15 is 0 Å². The summed E-state index contributed by atoms with van der Waals surface area (Å²) in [6.07, 6.45) is 2.57. The van der Waals surface area contributed by atoms with Crippen molar-refractivity contribution in [3.8, 4) is 5.88 Å². The lowest BCUT2D eigenvalue weighted by Gasteiger charge is -2.38. The lowest BCUT2D eigenvalue weighted by atomic mass is 10.1. The molecule has 0 radical (unpaired) electrons. The Morgan fingerprint density at radius 2 is 2.14 bits per heavy atom. The molecule has 0 spiro atoms. The maximum atomic E-state index is 12.1. The predicted octanol–water partition coefficient (Wildman–Crippen LogP) is 1.59. The zero-order valence-corrected chi connectivity index (χ0v) is 11.6. The Bertz CT molecular complexity index is 687. The van der Waals surface area contributed by atoms with E-state index in [1.54, 1.807) is 17.0 Å². The molecule has 0 aliphatic carbocycles. The molecule has 1 fully saturated rings. The third-order valence-electron chi connectivity index (χ3n) is 3.07. The summed E-state index contributed by atoms with van der Waals surface area (Å²) < 4.78 is 10.3. The van der Waals surface area contributed by atoms with Crippen molar-refractivity contribution in [1.29, 1.82) is 0 Å². The fourth-order valence-electron chi connectivity index (χ4n) is 1.94. The molecule has 7 heteroatoms. The highest BCUT2D eigenvalue weighted by Crippen LogP contribution is 2.19. The third-order valence-corrected chi connectivity index (χ3v) is 3.29. The molecule has 1 aliphatic heterocycles. The predicted molar refractivity (Wildman–Crippen MR) is 74.5 cm³/mol. The first kappa shape index (κ1) is 13.6. The highest BCUT2D eigenvalue weighted by Gasteiger charge is 2.33. The summed E-state index contributed by atoms with van der Waals surface area (Å²) in [5.74, 6) is 0.282. The van der Waals surface area contributed by atoms with E-state index in [4.69, 9.17) is 16.3 Å². The van der Waals surface area contributed by atoms with E-state index in [-0.39, 0.29) is 12.0 Å². The van der Waals surface area contributed by atoms with E-state index < -0.39 is 5.63 Å². The third kappa shape index (κ3) is 3.05. The van der Waals surface area contributed by atoms with Crippen LogP contribution in [0.4, 0.5) is 0 Å². The maximum Gasteiger partial charge on any atom is 0.335 e. The Morgan fingerprint density at radius 3 is 2.76 bits per heavy atom. The number of hydrogen-bond acceptors (Lipinski definition) is 5. The molecular weight excluding hydrogens is 296 g/mol. The van der Waals surface area contributed by atoms with Gasteiger partial charge in [-0.05, 0) is 12.1 Å². The van der Waals surface area contributed by atoms with Gasteiger partial charge in [-0.25, -0.2) is 9.78 Å². The molecule has 3 heterocycles. The van der Waals surface area contributed by atoms with Crippen molar-refractivity contribution < 1.29 is 13.9 Å². The number of amides is 1. The van der Waals surface area contributed by atoms with Crippen LogP contribution in [-0.2, 0) is 0 Å². The molecule has 1 amide bonds. The summed E-state index contributed by atoms with van der Waals surface area (Å²) in [5.41, 5.74) is -0.136. The molecule has 3 rings (SSSR count). The largest absolute Gasteiger partial charge is 0.471 e. The summed E-state index contributed by atoms with van der Waals surface area (Å²) in [6, 6.07) is 6.04. The zero-order chi connectivity index (χ0) is 14.8. The van der Waals surface area contributed by atoms with Gasteiger partial charge in [0.25, 0.3) is 5.91 Å². The van der Waals surface area contributed by atoms with Crippen LogP contribution < -0.4 is 10.4 Å². The molecule has 21 heavy (non-hydrogen) atoms. The number of carbonyl (C=O) groups excluding carboxylic acids is 1. The number of aromatic nitrogens is 1. The topological polar surface area (TPSA) is 72.6 Å². The Hall–Kier alpha value is -2.34. The number of rotatable bonds is 3. The van der Waals surface area contributed by atoms with Crippen LogP contribution in [0.25, 0.3) is 0 Å². The summed E-state index contributed by atoms with van der Waals surface area (Å²) in [5, 5.41) is 0.540. The molecule has 108 valence electrons. The van der Waals surface area contributed by atoms with Gasteiger partial charge in [-0.1, -0.05) is 11.6 Å². The molecule has 1 aliphatic rings. The first-order valence-electron chi connectivity index (χ1n) is 6.28. The molecular formula is C14H11ClN2O4. The van der Waals surface area contributed by atoms with Gasteiger partial charge in [-0.2, -0.15) is 0 Å². The molecule has 0 N–H and O–H groups in total. The van der Waals surface area contributed by atoms with Crippen LogP contribution >= 0.6 is 11.6 Å². The number of hydrogen-bond donors (Lipinski definition) is 0. The quantitative estimate of drug-likeness (QED) is 0.861. The number of halogens is 1. The van der Waals surface area contributed by atoms with Crippen molar-refractivity contribution in [3.05, 3.63) is 57.7 Å². The van der Waals surface area contributed by atoms with Gasteiger partial charge in [0.05, 0.1) is 23.7 Å². The minimum Gasteiger partial charge on any atom is -0.471 e.